The van der Waals surface area contributed by atoms with Crippen LogP contribution in [0.15, 0.2) is 30.3 Å². The third-order valence-electron chi connectivity index (χ3n) is 1.85. The number of benzene rings is 1. The maximum Gasteiger partial charge on any atom is 0.593 e. The first-order valence-corrected chi connectivity index (χ1v) is 6.07. The average molecular weight is 213 g/mol. The fourth-order valence-corrected chi connectivity index (χ4v) is 1.73. The van der Waals surface area contributed by atoms with Gasteiger partial charge in [-0.3, -0.25) is 5.40 Å². The summed E-state index contributed by atoms with van der Waals surface area (Å²) in [5, 5.41) is 5.72. The number of hydrogen-bond donors (Lipinski definition) is 1. The molecular weight excluding hydrogens is 198 g/mol. The molecule has 0 fully saturated rings. The monoisotopic (exact) mass is 213 g/mol. The third kappa shape index (κ3) is 3.21. The zero-order chi connectivity index (χ0) is 10.4. The summed E-state index contributed by atoms with van der Waals surface area (Å²) in [5.41, 5.74) is 1.05. The molecule has 2 N–H and O–H groups in total. The summed E-state index contributed by atoms with van der Waals surface area (Å²) in [5.74, 6) is 0. The van der Waals surface area contributed by atoms with Crippen molar-refractivity contribution in [3.05, 3.63) is 35.9 Å². The number of hydrogen-bond acceptors (Lipinski definition) is 4. The molecule has 0 radical (unpaired) electrons. The minimum Gasteiger partial charge on any atom is -0.365 e. The summed E-state index contributed by atoms with van der Waals surface area (Å²) in [7, 11) is 0.0935. The van der Waals surface area contributed by atoms with E-state index < -0.39 is 8.97 Å². The molecule has 0 aliphatic rings. The Bertz CT molecular complexity index is 264. The Hall–Kier alpha value is -0.723. The molecular formula is C9H15NO3Si. The molecule has 0 saturated carbocycles. The van der Waals surface area contributed by atoms with E-state index in [9.17, 15) is 0 Å². The van der Waals surface area contributed by atoms with Gasteiger partial charge in [0.25, 0.3) is 0 Å². The molecule has 1 rings (SSSR count). The molecule has 4 nitrogen and oxygen atoms in total. The third-order valence-corrected chi connectivity index (χ3v) is 3.54. The second-order valence-electron chi connectivity index (χ2n) is 2.79. The SMILES string of the molecule is CO[Si](N)(OC)OCc1ccccc1. The highest BCUT2D eigenvalue weighted by atomic mass is 28.4. The smallest absolute Gasteiger partial charge is 0.365 e. The van der Waals surface area contributed by atoms with Gasteiger partial charge in [-0.2, -0.15) is 0 Å². The number of rotatable bonds is 5. The maximum absolute atomic E-state index is 5.72. The van der Waals surface area contributed by atoms with Crippen LogP contribution in [0.5, 0.6) is 0 Å². The van der Waals surface area contributed by atoms with Crippen LogP contribution in [-0.4, -0.2) is 23.2 Å². The molecule has 1 aromatic rings. The van der Waals surface area contributed by atoms with Crippen molar-refractivity contribution in [1.29, 1.82) is 0 Å². The standard InChI is InChI=1S/C9H15NO3Si/c1-11-14(10,12-2)13-8-9-6-4-3-5-7-9/h3-7H,8,10H2,1-2H3. The summed E-state index contributed by atoms with van der Waals surface area (Å²) in [6, 6.07) is 9.75. The van der Waals surface area contributed by atoms with Crippen LogP contribution in [0.3, 0.4) is 0 Å². The molecule has 5 heteroatoms. The van der Waals surface area contributed by atoms with Crippen molar-refractivity contribution in [3.8, 4) is 0 Å². The zero-order valence-corrected chi connectivity index (χ0v) is 9.40. The first-order chi connectivity index (χ1) is 6.70. The van der Waals surface area contributed by atoms with Gasteiger partial charge in [0.15, 0.2) is 0 Å². The quantitative estimate of drug-likeness (QED) is 0.738. The van der Waals surface area contributed by atoms with E-state index in [1.165, 1.54) is 14.2 Å². The molecule has 1 aromatic carbocycles. The van der Waals surface area contributed by atoms with Crippen LogP contribution >= 0.6 is 0 Å². The van der Waals surface area contributed by atoms with E-state index in [1.807, 2.05) is 30.3 Å². The van der Waals surface area contributed by atoms with Crippen molar-refractivity contribution in [2.24, 2.45) is 5.40 Å². The van der Waals surface area contributed by atoms with Crippen LogP contribution in [0.1, 0.15) is 5.56 Å². The van der Waals surface area contributed by atoms with Gasteiger partial charge in [0.05, 0.1) is 6.61 Å². The predicted molar refractivity (Wildman–Crippen MR) is 55.2 cm³/mol. The van der Waals surface area contributed by atoms with Gasteiger partial charge in [0.2, 0.25) is 0 Å². The minimum atomic E-state index is -2.88. The molecule has 0 amide bonds. The molecule has 0 atom stereocenters. The van der Waals surface area contributed by atoms with Crippen molar-refractivity contribution in [1.82, 2.24) is 0 Å². The summed E-state index contributed by atoms with van der Waals surface area (Å²) >= 11 is 0. The minimum absolute atomic E-state index is 0.408. The molecule has 0 aliphatic carbocycles. The molecule has 0 unspecified atom stereocenters. The van der Waals surface area contributed by atoms with Gasteiger partial charge in [-0.1, -0.05) is 30.3 Å². The average Bonchev–Trinajstić information content (AvgIpc) is 2.27. The van der Waals surface area contributed by atoms with Gasteiger partial charge in [0, 0.05) is 14.2 Å². The molecule has 14 heavy (non-hydrogen) atoms. The van der Waals surface area contributed by atoms with Crippen molar-refractivity contribution < 1.29 is 13.3 Å². The lowest BCUT2D eigenvalue weighted by molar-refractivity contribution is 0.0924. The molecule has 0 aliphatic heterocycles. The van der Waals surface area contributed by atoms with Crippen molar-refractivity contribution >= 4 is 8.97 Å². The van der Waals surface area contributed by atoms with Crippen LogP contribution in [0.2, 0.25) is 0 Å². The highest BCUT2D eigenvalue weighted by Crippen LogP contribution is 2.06. The summed E-state index contributed by atoms with van der Waals surface area (Å²) in [6.07, 6.45) is 0. The fourth-order valence-electron chi connectivity index (χ4n) is 0.959. The van der Waals surface area contributed by atoms with Crippen molar-refractivity contribution in [3.63, 3.8) is 0 Å². The molecule has 0 spiro atoms. The van der Waals surface area contributed by atoms with Crippen LogP contribution < -0.4 is 5.40 Å². The lowest BCUT2D eigenvalue weighted by atomic mass is 10.2. The van der Waals surface area contributed by atoms with Gasteiger partial charge < -0.3 is 13.3 Å². The molecule has 78 valence electrons. The summed E-state index contributed by atoms with van der Waals surface area (Å²) in [4.78, 5) is 0. The molecule has 0 bridgehead atoms. The summed E-state index contributed by atoms with van der Waals surface area (Å²) < 4.78 is 15.3. The molecule has 0 aromatic heterocycles. The largest absolute Gasteiger partial charge is 0.593 e. The Morgan fingerprint density at radius 3 is 2.21 bits per heavy atom. The van der Waals surface area contributed by atoms with Crippen LogP contribution in [0, 0.1) is 0 Å². The van der Waals surface area contributed by atoms with E-state index >= 15 is 0 Å². The van der Waals surface area contributed by atoms with Crippen LogP contribution in [-0.2, 0) is 19.9 Å². The van der Waals surface area contributed by atoms with E-state index in [0.717, 1.165) is 5.56 Å². The Morgan fingerprint density at radius 1 is 1.14 bits per heavy atom. The van der Waals surface area contributed by atoms with Crippen LogP contribution in [0.25, 0.3) is 0 Å². The number of nitrogens with two attached hydrogens (primary N) is 1. The van der Waals surface area contributed by atoms with Gasteiger partial charge in [-0.05, 0) is 5.56 Å². The normalized spacial score (nSPS) is 11.6. The topological polar surface area (TPSA) is 53.7 Å². The Labute approximate surface area is 85.0 Å². The highest BCUT2D eigenvalue weighted by molar-refractivity contribution is 6.56. The molecule has 0 heterocycles. The van der Waals surface area contributed by atoms with Gasteiger partial charge in [-0.15, -0.1) is 0 Å². The maximum atomic E-state index is 5.72. The Morgan fingerprint density at radius 2 is 1.71 bits per heavy atom. The Balaban J connectivity index is 2.48. The first-order valence-electron chi connectivity index (χ1n) is 4.27. The van der Waals surface area contributed by atoms with Crippen molar-refractivity contribution in [2.75, 3.05) is 14.2 Å². The van der Waals surface area contributed by atoms with Crippen LogP contribution in [0.4, 0.5) is 0 Å². The van der Waals surface area contributed by atoms with Crippen molar-refractivity contribution in [2.45, 2.75) is 6.61 Å². The van der Waals surface area contributed by atoms with Gasteiger partial charge in [0.1, 0.15) is 0 Å². The zero-order valence-electron chi connectivity index (χ0n) is 8.40. The van der Waals surface area contributed by atoms with Gasteiger partial charge in [-0.25, -0.2) is 0 Å². The highest BCUT2D eigenvalue weighted by Gasteiger charge is 2.34. The fraction of sp³-hybridized carbons (Fsp3) is 0.333. The molecule has 0 saturated heterocycles. The van der Waals surface area contributed by atoms with E-state index in [2.05, 4.69) is 0 Å². The van der Waals surface area contributed by atoms with Gasteiger partial charge >= 0.3 is 8.97 Å². The Kier molecular flexibility index (Phi) is 4.24. The summed E-state index contributed by atoms with van der Waals surface area (Å²) in [6.45, 7) is 0.408. The lowest BCUT2D eigenvalue weighted by Crippen LogP contribution is -2.53. The van der Waals surface area contributed by atoms with E-state index in [4.69, 9.17) is 18.7 Å². The predicted octanol–water partition coefficient (Wildman–Crippen LogP) is 0.890. The second-order valence-corrected chi connectivity index (χ2v) is 5.10. The van der Waals surface area contributed by atoms with E-state index in [1.54, 1.807) is 0 Å². The lowest BCUT2D eigenvalue weighted by Gasteiger charge is -2.20. The van der Waals surface area contributed by atoms with E-state index in [0.29, 0.717) is 6.61 Å². The second kappa shape index (κ2) is 5.23. The van der Waals surface area contributed by atoms with E-state index in [-0.39, 0.29) is 0 Å². The first kappa shape index (κ1) is 11.4.